The number of imide groups is 1. The van der Waals surface area contributed by atoms with Crippen molar-refractivity contribution in [3.8, 4) is 0 Å². The largest absolute Gasteiger partial charge is 0.467 e. The molecule has 0 saturated carbocycles. The molecule has 0 radical (unpaired) electrons. The van der Waals surface area contributed by atoms with E-state index in [1.807, 2.05) is 50.3 Å². The highest BCUT2D eigenvalue weighted by Gasteiger charge is 2.58. The normalized spacial score (nSPS) is 21.2. The minimum absolute atomic E-state index is 0.220. The van der Waals surface area contributed by atoms with Gasteiger partial charge in [-0.05, 0) is 23.6 Å². The van der Waals surface area contributed by atoms with E-state index in [0.717, 1.165) is 10.5 Å². The highest BCUT2D eigenvalue weighted by Crippen LogP contribution is 2.36. The summed E-state index contributed by atoms with van der Waals surface area (Å²) in [4.78, 5) is 54.3. The summed E-state index contributed by atoms with van der Waals surface area (Å²) in [6.07, 6.45) is 3.59. The first-order chi connectivity index (χ1) is 15.4. The van der Waals surface area contributed by atoms with E-state index in [-0.39, 0.29) is 17.0 Å². The van der Waals surface area contributed by atoms with E-state index in [2.05, 4.69) is 0 Å². The van der Waals surface area contributed by atoms with E-state index in [1.54, 1.807) is 30.3 Å². The number of hydrogen-bond donors (Lipinski definition) is 0. The third-order valence-corrected chi connectivity index (χ3v) is 5.92. The zero-order valence-corrected chi connectivity index (χ0v) is 18.1. The second-order valence-electron chi connectivity index (χ2n) is 8.19. The Kier molecular flexibility index (Phi) is 5.65. The third kappa shape index (κ3) is 3.39. The molecule has 4 rings (SSSR count). The fraction of sp³-hybridized carbons (Fsp3) is 0.280. The first-order valence-electron chi connectivity index (χ1n) is 10.5. The molecule has 32 heavy (non-hydrogen) atoms. The van der Waals surface area contributed by atoms with Gasteiger partial charge in [0.2, 0.25) is 5.91 Å². The van der Waals surface area contributed by atoms with E-state index in [1.165, 1.54) is 12.0 Å². The van der Waals surface area contributed by atoms with Gasteiger partial charge in [0.15, 0.2) is 0 Å². The molecule has 2 aliphatic heterocycles. The van der Waals surface area contributed by atoms with E-state index >= 15 is 0 Å². The van der Waals surface area contributed by atoms with Crippen LogP contribution in [0.4, 0.5) is 0 Å². The molecule has 3 atom stereocenters. The summed E-state index contributed by atoms with van der Waals surface area (Å²) in [5.41, 5.74) is 1.46. The quantitative estimate of drug-likeness (QED) is 0.398. The fourth-order valence-corrected chi connectivity index (χ4v) is 4.36. The van der Waals surface area contributed by atoms with Gasteiger partial charge in [0.1, 0.15) is 12.1 Å². The first kappa shape index (κ1) is 21.5. The molecule has 0 unspecified atom stereocenters. The lowest BCUT2D eigenvalue weighted by Crippen LogP contribution is -2.74. The van der Waals surface area contributed by atoms with Crippen molar-refractivity contribution in [1.29, 1.82) is 0 Å². The van der Waals surface area contributed by atoms with Gasteiger partial charge in [-0.1, -0.05) is 68.5 Å². The summed E-state index contributed by atoms with van der Waals surface area (Å²) in [6.45, 7) is 3.64. The lowest BCUT2D eigenvalue weighted by molar-refractivity contribution is -0.170. The highest BCUT2D eigenvalue weighted by molar-refractivity contribution is 6.23. The second kappa shape index (κ2) is 8.42. The third-order valence-electron chi connectivity index (χ3n) is 5.92. The van der Waals surface area contributed by atoms with Crippen molar-refractivity contribution >= 4 is 29.8 Å². The molecule has 7 nitrogen and oxygen atoms in total. The molecule has 3 amide bonds. The second-order valence-corrected chi connectivity index (χ2v) is 8.19. The summed E-state index contributed by atoms with van der Waals surface area (Å²) < 4.78 is 4.94. The van der Waals surface area contributed by atoms with E-state index < -0.39 is 41.8 Å². The van der Waals surface area contributed by atoms with Crippen LogP contribution in [-0.4, -0.2) is 58.7 Å². The summed E-state index contributed by atoms with van der Waals surface area (Å²) in [6, 6.07) is 13.5. The minimum atomic E-state index is -1.02. The lowest BCUT2D eigenvalue weighted by atomic mass is 9.86. The van der Waals surface area contributed by atoms with Gasteiger partial charge in [0, 0.05) is 0 Å². The average Bonchev–Trinajstić information content (AvgIpc) is 3.05. The number of rotatable bonds is 6. The van der Waals surface area contributed by atoms with Crippen molar-refractivity contribution in [3.63, 3.8) is 0 Å². The molecule has 1 saturated heterocycles. The average molecular weight is 432 g/mol. The number of hydrogen-bond acceptors (Lipinski definition) is 5. The predicted molar refractivity (Wildman–Crippen MR) is 117 cm³/mol. The molecule has 2 aromatic carbocycles. The highest BCUT2D eigenvalue weighted by atomic mass is 16.5. The van der Waals surface area contributed by atoms with Crippen molar-refractivity contribution in [2.24, 2.45) is 5.92 Å². The van der Waals surface area contributed by atoms with Crippen LogP contribution >= 0.6 is 0 Å². The summed E-state index contributed by atoms with van der Waals surface area (Å²) in [5, 5.41) is 0. The smallest absolute Gasteiger partial charge is 0.328 e. The first-order valence-corrected chi connectivity index (χ1v) is 10.5. The maximum atomic E-state index is 13.3. The molecule has 0 spiro atoms. The number of esters is 1. The van der Waals surface area contributed by atoms with E-state index in [9.17, 15) is 19.2 Å². The standard InChI is InChI=1S/C25H24N2O5/c1-15(2)20(25(31)32-3)26-19(14-13-16-9-5-4-6-10-16)21(24(26)30)27-22(28)17-11-7-8-12-18(17)23(27)29/h4-15,19-21H,1-3H3/t19-,20+,21+/m1/s1. The molecule has 2 aliphatic rings. The Labute approximate surface area is 186 Å². The fourth-order valence-electron chi connectivity index (χ4n) is 4.36. The van der Waals surface area contributed by atoms with Gasteiger partial charge < -0.3 is 9.64 Å². The van der Waals surface area contributed by atoms with Crippen molar-refractivity contribution < 1.29 is 23.9 Å². The number of benzene rings is 2. The maximum Gasteiger partial charge on any atom is 0.328 e. The minimum Gasteiger partial charge on any atom is -0.467 e. The van der Waals surface area contributed by atoms with Gasteiger partial charge in [0.25, 0.3) is 11.8 Å². The SMILES string of the molecule is COC(=O)[C@H](C(C)C)N1C(=O)[C@@H](N2C(=O)c3ccccc3C2=O)[C@H]1C=Cc1ccccc1. The topological polar surface area (TPSA) is 84.0 Å². The van der Waals surface area contributed by atoms with Crippen LogP contribution < -0.4 is 0 Å². The Balaban J connectivity index is 1.72. The Morgan fingerprint density at radius 1 is 0.938 bits per heavy atom. The van der Waals surface area contributed by atoms with Gasteiger partial charge in [-0.3, -0.25) is 19.3 Å². The van der Waals surface area contributed by atoms with Crippen LogP contribution in [-0.2, 0) is 14.3 Å². The van der Waals surface area contributed by atoms with Crippen LogP contribution in [0.1, 0.15) is 40.1 Å². The molecule has 1 fully saturated rings. The Morgan fingerprint density at radius 3 is 2.03 bits per heavy atom. The Bertz CT molecular complexity index is 1070. The molecule has 7 heteroatoms. The zero-order chi connectivity index (χ0) is 23.0. The number of amides is 3. The number of likely N-dealkylation sites (tertiary alicyclic amines) is 1. The van der Waals surface area contributed by atoms with Crippen molar-refractivity contribution in [3.05, 3.63) is 77.4 Å². The van der Waals surface area contributed by atoms with Gasteiger partial charge in [-0.25, -0.2) is 4.79 Å². The van der Waals surface area contributed by atoms with Crippen LogP contribution in [0.25, 0.3) is 6.08 Å². The van der Waals surface area contributed by atoms with Gasteiger partial charge in [-0.15, -0.1) is 0 Å². The van der Waals surface area contributed by atoms with Gasteiger partial charge in [-0.2, -0.15) is 0 Å². The summed E-state index contributed by atoms with van der Waals surface area (Å²) in [7, 11) is 1.28. The van der Waals surface area contributed by atoms with Gasteiger partial charge in [0.05, 0.1) is 24.3 Å². The van der Waals surface area contributed by atoms with Crippen molar-refractivity contribution in [1.82, 2.24) is 9.80 Å². The monoisotopic (exact) mass is 432 g/mol. The number of methoxy groups -OCH3 is 1. The van der Waals surface area contributed by atoms with E-state index in [4.69, 9.17) is 4.74 Å². The van der Waals surface area contributed by atoms with Gasteiger partial charge >= 0.3 is 5.97 Å². The zero-order valence-electron chi connectivity index (χ0n) is 18.1. The van der Waals surface area contributed by atoms with Crippen LogP contribution in [0.5, 0.6) is 0 Å². The van der Waals surface area contributed by atoms with Crippen molar-refractivity contribution in [2.75, 3.05) is 7.11 Å². The predicted octanol–water partition coefficient (Wildman–Crippen LogP) is 2.77. The number of carbonyl (C=O) groups excluding carboxylic acids is 4. The summed E-state index contributed by atoms with van der Waals surface area (Å²) >= 11 is 0. The Morgan fingerprint density at radius 2 is 1.50 bits per heavy atom. The number of β-lactam (4-membered cyclic amide) rings is 1. The van der Waals surface area contributed by atoms with Crippen molar-refractivity contribution in [2.45, 2.75) is 32.0 Å². The number of fused-ring (bicyclic) bond motifs is 1. The molecular weight excluding hydrogens is 408 g/mol. The molecule has 0 bridgehead atoms. The number of nitrogens with zero attached hydrogens (tertiary/aromatic N) is 2. The molecule has 2 aromatic rings. The van der Waals surface area contributed by atoms with E-state index in [0.29, 0.717) is 0 Å². The summed E-state index contributed by atoms with van der Waals surface area (Å²) in [5.74, 6) is -2.21. The number of carbonyl (C=O) groups is 4. The molecule has 0 aliphatic carbocycles. The maximum absolute atomic E-state index is 13.3. The molecule has 0 aromatic heterocycles. The van der Waals surface area contributed by atoms with Crippen LogP contribution in [0.15, 0.2) is 60.7 Å². The van der Waals surface area contributed by atoms with Crippen LogP contribution in [0, 0.1) is 5.92 Å². The molecule has 164 valence electrons. The molecule has 0 N–H and O–H groups in total. The number of ether oxygens (including phenoxy) is 1. The van der Waals surface area contributed by atoms with Crippen LogP contribution in [0.3, 0.4) is 0 Å². The Hall–Kier alpha value is -3.74. The molecule has 2 heterocycles. The lowest BCUT2D eigenvalue weighted by Gasteiger charge is -2.51. The molecular formula is C25H24N2O5. The van der Waals surface area contributed by atoms with Crippen LogP contribution in [0.2, 0.25) is 0 Å².